The first kappa shape index (κ1) is 19.5. The van der Waals surface area contributed by atoms with Crippen molar-refractivity contribution >= 4 is 28.4 Å². The molecule has 6 heteroatoms. The van der Waals surface area contributed by atoms with Gasteiger partial charge in [0.15, 0.2) is 0 Å². The molecule has 2 aromatic heterocycles. The number of carbonyl (C=O) groups excluding carboxylic acids is 1. The van der Waals surface area contributed by atoms with Gasteiger partial charge in [0.1, 0.15) is 0 Å². The second-order valence-electron chi connectivity index (χ2n) is 7.33. The van der Waals surface area contributed by atoms with Crippen molar-refractivity contribution in [1.29, 1.82) is 0 Å². The zero-order chi connectivity index (χ0) is 21.1. The van der Waals surface area contributed by atoms with E-state index in [9.17, 15) is 4.79 Å². The Morgan fingerprint density at radius 1 is 1.03 bits per heavy atom. The van der Waals surface area contributed by atoms with Crippen molar-refractivity contribution in [2.75, 3.05) is 5.32 Å². The van der Waals surface area contributed by atoms with Crippen LogP contribution in [0.25, 0.3) is 22.0 Å². The highest BCUT2D eigenvalue weighted by Crippen LogP contribution is 2.26. The molecule has 2 aromatic carbocycles. The van der Waals surface area contributed by atoms with Gasteiger partial charge in [0.05, 0.1) is 11.6 Å². The van der Waals surface area contributed by atoms with E-state index >= 15 is 0 Å². The smallest absolute Gasteiger partial charge is 0.227 e. The lowest BCUT2D eigenvalue weighted by Gasteiger charge is -2.13. The summed E-state index contributed by atoms with van der Waals surface area (Å²) in [4.78, 5) is 24.5. The summed E-state index contributed by atoms with van der Waals surface area (Å²) in [5.41, 5.74) is 6.18. The number of rotatable bonds is 5. The Morgan fingerprint density at radius 2 is 1.83 bits per heavy atom. The first-order valence-corrected chi connectivity index (χ1v) is 9.81. The van der Waals surface area contributed by atoms with Crippen LogP contribution in [0.3, 0.4) is 0 Å². The van der Waals surface area contributed by atoms with E-state index in [1.54, 1.807) is 6.20 Å². The molecule has 0 aliphatic rings. The molecular weight excluding hydrogens is 374 g/mol. The van der Waals surface area contributed by atoms with Gasteiger partial charge in [0.25, 0.3) is 0 Å². The van der Waals surface area contributed by atoms with Crippen LogP contribution in [0.5, 0.6) is 0 Å². The van der Waals surface area contributed by atoms with Gasteiger partial charge in [-0.1, -0.05) is 18.2 Å². The van der Waals surface area contributed by atoms with Crippen molar-refractivity contribution in [3.05, 3.63) is 78.2 Å². The first-order valence-electron chi connectivity index (χ1n) is 9.81. The molecule has 150 valence electrons. The first-order chi connectivity index (χ1) is 14.5. The van der Waals surface area contributed by atoms with E-state index in [1.165, 1.54) is 12.5 Å². The average molecular weight is 397 g/mol. The fourth-order valence-electron chi connectivity index (χ4n) is 3.40. The molecule has 1 atom stereocenters. The monoisotopic (exact) mass is 397 g/mol. The predicted octanol–water partition coefficient (Wildman–Crippen LogP) is 4.94. The molecule has 2 heterocycles. The van der Waals surface area contributed by atoms with Crippen LogP contribution in [0.2, 0.25) is 0 Å². The molecule has 0 radical (unpaired) electrons. The van der Waals surface area contributed by atoms with E-state index in [4.69, 9.17) is 0 Å². The highest BCUT2D eigenvalue weighted by molar-refractivity contribution is 5.85. The lowest BCUT2D eigenvalue weighted by Crippen LogP contribution is -2.23. The maximum atomic E-state index is 11.2. The van der Waals surface area contributed by atoms with Crippen molar-refractivity contribution in [1.82, 2.24) is 20.3 Å². The molecule has 0 unspecified atom stereocenters. The Morgan fingerprint density at radius 3 is 2.57 bits per heavy atom. The highest BCUT2D eigenvalue weighted by Gasteiger charge is 2.08. The number of pyridine rings is 1. The maximum Gasteiger partial charge on any atom is 0.227 e. The van der Waals surface area contributed by atoms with Crippen LogP contribution in [0, 0.1) is 6.92 Å². The fourth-order valence-corrected chi connectivity index (χ4v) is 3.40. The second-order valence-corrected chi connectivity index (χ2v) is 7.33. The molecule has 30 heavy (non-hydrogen) atoms. The molecule has 2 N–H and O–H groups in total. The average Bonchev–Trinajstić information content (AvgIpc) is 2.74. The summed E-state index contributed by atoms with van der Waals surface area (Å²) >= 11 is 0. The zero-order valence-corrected chi connectivity index (χ0v) is 17.2. The van der Waals surface area contributed by atoms with Crippen LogP contribution in [0.1, 0.15) is 31.0 Å². The number of benzene rings is 2. The normalized spacial score (nSPS) is 11.8. The molecule has 0 fully saturated rings. The van der Waals surface area contributed by atoms with Gasteiger partial charge in [-0.3, -0.25) is 9.78 Å². The number of aromatic nitrogens is 3. The van der Waals surface area contributed by atoms with Crippen molar-refractivity contribution in [3.8, 4) is 11.1 Å². The van der Waals surface area contributed by atoms with Crippen molar-refractivity contribution in [2.24, 2.45) is 0 Å². The van der Waals surface area contributed by atoms with Gasteiger partial charge < -0.3 is 10.6 Å². The van der Waals surface area contributed by atoms with Crippen molar-refractivity contribution in [2.45, 2.75) is 26.8 Å². The van der Waals surface area contributed by atoms with Gasteiger partial charge >= 0.3 is 0 Å². The largest absolute Gasteiger partial charge is 0.350 e. The molecule has 1 amide bonds. The molecule has 0 bridgehead atoms. The van der Waals surface area contributed by atoms with E-state index in [-0.39, 0.29) is 11.9 Å². The van der Waals surface area contributed by atoms with E-state index < -0.39 is 0 Å². The van der Waals surface area contributed by atoms with Crippen LogP contribution in [-0.4, -0.2) is 20.9 Å². The van der Waals surface area contributed by atoms with Crippen LogP contribution < -0.4 is 10.6 Å². The zero-order valence-electron chi connectivity index (χ0n) is 17.2. The summed E-state index contributed by atoms with van der Waals surface area (Å²) in [5, 5.41) is 7.09. The SMILES string of the molecule is CC(=O)N[C@H](C)c1ccc(Nc2ncc3cc(-c4cnccc4C)ccc3n2)cc1. The van der Waals surface area contributed by atoms with Crippen LogP contribution >= 0.6 is 0 Å². The summed E-state index contributed by atoms with van der Waals surface area (Å²) in [7, 11) is 0. The molecule has 0 saturated heterocycles. The minimum absolute atomic E-state index is 0.0360. The molecule has 0 aliphatic carbocycles. The van der Waals surface area contributed by atoms with E-state index in [0.29, 0.717) is 5.95 Å². The van der Waals surface area contributed by atoms with Gasteiger partial charge in [0, 0.05) is 42.2 Å². The summed E-state index contributed by atoms with van der Waals surface area (Å²) in [6, 6.07) is 16.0. The lowest BCUT2D eigenvalue weighted by molar-refractivity contribution is -0.119. The molecular formula is C24H23N5O. The number of hydrogen-bond donors (Lipinski definition) is 2. The number of carbonyl (C=O) groups is 1. The minimum atomic E-state index is -0.0453. The minimum Gasteiger partial charge on any atom is -0.350 e. The summed E-state index contributed by atoms with van der Waals surface area (Å²) in [5.74, 6) is 0.492. The van der Waals surface area contributed by atoms with E-state index in [2.05, 4.69) is 44.6 Å². The standard InChI is InChI=1S/C24H23N5O/c1-15-10-11-25-14-22(15)19-6-9-23-20(12-19)13-26-24(29-23)28-21-7-4-18(5-8-21)16(2)27-17(3)30/h4-14,16H,1-3H3,(H,27,30)(H,26,28,29)/t16-/m1/s1. The molecule has 6 nitrogen and oxygen atoms in total. The van der Waals surface area contributed by atoms with Crippen LogP contribution in [0.4, 0.5) is 11.6 Å². The van der Waals surface area contributed by atoms with Crippen LogP contribution in [0.15, 0.2) is 67.1 Å². The van der Waals surface area contributed by atoms with Gasteiger partial charge in [-0.15, -0.1) is 0 Å². The van der Waals surface area contributed by atoms with Gasteiger partial charge in [-0.25, -0.2) is 9.97 Å². The number of aryl methyl sites for hydroxylation is 1. The Balaban J connectivity index is 1.53. The van der Waals surface area contributed by atoms with Gasteiger partial charge in [-0.2, -0.15) is 0 Å². The Kier molecular flexibility index (Phi) is 5.39. The van der Waals surface area contributed by atoms with Crippen molar-refractivity contribution < 1.29 is 4.79 Å². The highest BCUT2D eigenvalue weighted by atomic mass is 16.1. The fraction of sp³-hybridized carbons (Fsp3) is 0.167. The third kappa shape index (κ3) is 4.27. The molecule has 4 aromatic rings. The number of fused-ring (bicyclic) bond motifs is 1. The van der Waals surface area contributed by atoms with Crippen molar-refractivity contribution in [3.63, 3.8) is 0 Å². The number of nitrogens with one attached hydrogen (secondary N) is 2. The summed E-state index contributed by atoms with van der Waals surface area (Å²) in [6.07, 6.45) is 5.50. The second kappa shape index (κ2) is 8.29. The molecule has 0 saturated carbocycles. The molecule has 0 spiro atoms. The summed E-state index contributed by atoms with van der Waals surface area (Å²) in [6.45, 7) is 5.55. The number of hydrogen-bond acceptors (Lipinski definition) is 5. The number of nitrogens with zero attached hydrogens (tertiary/aromatic N) is 3. The number of anilines is 2. The lowest BCUT2D eigenvalue weighted by atomic mass is 10.0. The van der Waals surface area contributed by atoms with E-state index in [1.807, 2.05) is 55.7 Å². The quantitative estimate of drug-likeness (QED) is 0.499. The topological polar surface area (TPSA) is 79.8 Å². The van der Waals surface area contributed by atoms with Gasteiger partial charge in [-0.05, 0) is 60.9 Å². The third-order valence-electron chi connectivity index (χ3n) is 5.02. The van der Waals surface area contributed by atoms with Gasteiger partial charge in [0.2, 0.25) is 11.9 Å². The maximum absolute atomic E-state index is 11.2. The van der Waals surface area contributed by atoms with Crippen LogP contribution in [-0.2, 0) is 4.79 Å². The Hall–Kier alpha value is -3.80. The molecule has 4 rings (SSSR count). The van der Waals surface area contributed by atoms with E-state index in [0.717, 1.165) is 33.3 Å². The number of amides is 1. The predicted molar refractivity (Wildman–Crippen MR) is 119 cm³/mol. The summed E-state index contributed by atoms with van der Waals surface area (Å²) < 4.78 is 0. The molecule has 0 aliphatic heterocycles. The third-order valence-corrected chi connectivity index (χ3v) is 5.02. The Bertz CT molecular complexity index is 1200. The Labute approximate surface area is 175 Å².